The number of phenols is 2. The summed E-state index contributed by atoms with van der Waals surface area (Å²) in [5.74, 6) is -0.507. The number of carbonyl (C=O) groups is 2. The van der Waals surface area contributed by atoms with Gasteiger partial charge < -0.3 is 20.3 Å². The van der Waals surface area contributed by atoms with E-state index in [9.17, 15) is 19.8 Å². The predicted octanol–water partition coefficient (Wildman–Crippen LogP) is 2.00. The maximum Gasteiger partial charge on any atom is 0.260 e. The molecule has 0 atom stereocenters. The van der Waals surface area contributed by atoms with Crippen LogP contribution >= 0.6 is 0 Å². The molecular formula is C15H12N2O4. The molecule has 0 bridgehead atoms. The molecule has 6 heteroatoms. The first-order valence-electron chi connectivity index (χ1n) is 6.29. The Bertz CT molecular complexity index is 742. The Hall–Kier alpha value is -3.02. The number of benzene rings is 2. The summed E-state index contributed by atoms with van der Waals surface area (Å²) in [7, 11) is 0. The molecule has 0 spiro atoms. The SMILES string of the molecule is O=CCN1C(=O)c2cccc(O)c2Nc2ccc(O)cc21. The zero-order valence-corrected chi connectivity index (χ0v) is 10.9. The Labute approximate surface area is 120 Å². The van der Waals surface area contributed by atoms with Gasteiger partial charge in [0.1, 0.15) is 17.8 Å². The van der Waals surface area contributed by atoms with Crippen molar-refractivity contribution in [2.24, 2.45) is 0 Å². The number of nitrogens with one attached hydrogen (secondary N) is 1. The summed E-state index contributed by atoms with van der Waals surface area (Å²) in [6.07, 6.45) is 0.611. The van der Waals surface area contributed by atoms with Gasteiger partial charge in [0.25, 0.3) is 5.91 Å². The lowest BCUT2D eigenvalue weighted by atomic mass is 10.1. The van der Waals surface area contributed by atoms with Gasteiger partial charge >= 0.3 is 0 Å². The summed E-state index contributed by atoms with van der Waals surface area (Å²) in [4.78, 5) is 24.7. The quantitative estimate of drug-likeness (QED) is 0.446. The summed E-state index contributed by atoms with van der Waals surface area (Å²) >= 11 is 0. The Kier molecular flexibility index (Phi) is 2.98. The fourth-order valence-electron chi connectivity index (χ4n) is 2.34. The number of phenolic OH excluding ortho intramolecular Hbond substituents is 2. The predicted molar refractivity (Wildman–Crippen MR) is 77.2 cm³/mol. The van der Waals surface area contributed by atoms with E-state index in [0.29, 0.717) is 17.7 Å². The number of hydrogen-bond acceptors (Lipinski definition) is 5. The molecule has 3 N–H and O–H groups in total. The molecule has 106 valence electrons. The first-order chi connectivity index (χ1) is 10.1. The van der Waals surface area contributed by atoms with Crippen LogP contribution in [0, 0.1) is 0 Å². The maximum absolute atomic E-state index is 12.6. The standard InChI is InChI=1S/C15H12N2O4/c18-7-6-17-12-8-9(19)4-5-11(12)16-14-10(15(17)21)2-1-3-13(14)20/h1-5,7-8,16,19-20H,6H2. The molecule has 2 aromatic rings. The van der Waals surface area contributed by atoms with Crippen LogP contribution in [0.25, 0.3) is 0 Å². The monoisotopic (exact) mass is 284 g/mol. The third-order valence-corrected chi connectivity index (χ3v) is 3.31. The molecule has 0 saturated heterocycles. The second kappa shape index (κ2) is 4.82. The Morgan fingerprint density at radius 3 is 2.76 bits per heavy atom. The van der Waals surface area contributed by atoms with Crippen LogP contribution in [-0.4, -0.2) is 29.0 Å². The molecular weight excluding hydrogens is 272 g/mol. The van der Waals surface area contributed by atoms with Crippen LogP contribution in [-0.2, 0) is 4.79 Å². The van der Waals surface area contributed by atoms with Gasteiger partial charge in [-0.25, -0.2) is 0 Å². The van der Waals surface area contributed by atoms with Crippen molar-refractivity contribution in [2.45, 2.75) is 0 Å². The topological polar surface area (TPSA) is 89.9 Å². The molecule has 1 heterocycles. The van der Waals surface area contributed by atoms with Gasteiger partial charge in [0.05, 0.1) is 29.2 Å². The van der Waals surface area contributed by atoms with Crippen molar-refractivity contribution in [1.82, 2.24) is 0 Å². The van der Waals surface area contributed by atoms with Crippen molar-refractivity contribution < 1.29 is 19.8 Å². The Morgan fingerprint density at radius 1 is 1.19 bits per heavy atom. The fourth-order valence-corrected chi connectivity index (χ4v) is 2.34. The second-order valence-corrected chi connectivity index (χ2v) is 4.61. The molecule has 1 aliphatic rings. The number of carbonyl (C=O) groups excluding carboxylic acids is 2. The maximum atomic E-state index is 12.6. The van der Waals surface area contributed by atoms with E-state index in [1.165, 1.54) is 23.1 Å². The first-order valence-corrected chi connectivity index (χ1v) is 6.29. The minimum absolute atomic E-state index is 0.0190. The first kappa shape index (κ1) is 13.0. The zero-order valence-electron chi connectivity index (χ0n) is 10.9. The largest absolute Gasteiger partial charge is 0.508 e. The third kappa shape index (κ3) is 2.06. The number of aromatic hydroxyl groups is 2. The molecule has 0 aromatic heterocycles. The molecule has 6 nitrogen and oxygen atoms in total. The summed E-state index contributed by atoms with van der Waals surface area (Å²) in [6, 6.07) is 9.02. The van der Waals surface area contributed by atoms with E-state index >= 15 is 0 Å². The summed E-state index contributed by atoms with van der Waals surface area (Å²) in [5.41, 5.74) is 1.43. The number of nitrogens with zero attached hydrogens (tertiary/aromatic N) is 1. The number of fused-ring (bicyclic) bond motifs is 2. The lowest BCUT2D eigenvalue weighted by Gasteiger charge is -2.20. The average molecular weight is 284 g/mol. The molecule has 0 saturated carbocycles. The highest BCUT2D eigenvalue weighted by Gasteiger charge is 2.28. The normalized spacial score (nSPS) is 13.0. The van der Waals surface area contributed by atoms with Crippen LogP contribution < -0.4 is 10.2 Å². The highest BCUT2D eigenvalue weighted by Crippen LogP contribution is 2.40. The number of hydrogen-bond donors (Lipinski definition) is 3. The number of anilines is 3. The summed E-state index contributed by atoms with van der Waals surface area (Å²) in [5, 5.41) is 22.5. The molecule has 0 radical (unpaired) electrons. The summed E-state index contributed by atoms with van der Waals surface area (Å²) in [6.45, 7) is -0.147. The van der Waals surface area contributed by atoms with E-state index < -0.39 is 5.91 Å². The number of para-hydroxylation sites is 1. The third-order valence-electron chi connectivity index (χ3n) is 3.31. The van der Waals surface area contributed by atoms with E-state index in [1.807, 2.05) is 0 Å². The van der Waals surface area contributed by atoms with Crippen molar-refractivity contribution >= 4 is 29.3 Å². The molecule has 1 aliphatic heterocycles. The highest BCUT2D eigenvalue weighted by molar-refractivity contribution is 6.15. The Morgan fingerprint density at radius 2 is 2.00 bits per heavy atom. The second-order valence-electron chi connectivity index (χ2n) is 4.61. The van der Waals surface area contributed by atoms with Gasteiger partial charge in [-0.2, -0.15) is 0 Å². The number of aldehydes is 1. The molecule has 0 fully saturated rings. The molecule has 2 aromatic carbocycles. The molecule has 21 heavy (non-hydrogen) atoms. The van der Waals surface area contributed by atoms with Crippen LogP contribution in [0.4, 0.5) is 17.1 Å². The van der Waals surface area contributed by atoms with Crippen LogP contribution in [0.2, 0.25) is 0 Å². The van der Waals surface area contributed by atoms with Crippen molar-refractivity contribution in [3.8, 4) is 11.5 Å². The minimum atomic E-state index is -0.426. The molecule has 0 aliphatic carbocycles. The van der Waals surface area contributed by atoms with Crippen LogP contribution in [0.3, 0.4) is 0 Å². The highest BCUT2D eigenvalue weighted by atomic mass is 16.3. The van der Waals surface area contributed by atoms with E-state index in [0.717, 1.165) is 0 Å². The molecule has 3 rings (SSSR count). The van der Waals surface area contributed by atoms with E-state index in [2.05, 4.69) is 5.32 Å². The lowest BCUT2D eigenvalue weighted by molar-refractivity contribution is -0.106. The van der Waals surface area contributed by atoms with Crippen molar-refractivity contribution in [1.29, 1.82) is 0 Å². The zero-order chi connectivity index (χ0) is 15.0. The van der Waals surface area contributed by atoms with Gasteiger partial charge in [0.15, 0.2) is 0 Å². The van der Waals surface area contributed by atoms with Gasteiger partial charge in [0.2, 0.25) is 0 Å². The summed E-state index contributed by atoms with van der Waals surface area (Å²) < 4.78 is 0. The fraction of sp³-hybridized carbons (Fsp3) is 0.0667. The van der Waals surface area contributed by atoms with Gasteiger partial charge in [-0.15, -0.1) is 0 Å². The smallest absolute Gasteiger partial charge is 0.260 e. The van der Waals surface area contributed by atoms with E-state index in [4.69, 9.17) is 0 Å². The molecule has 1 amide bonds. The van der Waals surface area contributed by atoms with Gasteiger partial charge in [-0.3, -0.25) is 9.69 Å². The van der Waals surface area contributed by atoms with Crippen molar-refractivity contribution in [3.05, 3.63) is 42.0 Å². The molecule has 0 unspecified atom stereocenters. The lowest BCUT2D eigenvalue weighted by Crippen LogP contribution is -2.32. The van der Waals surface area contributed by atoms with Gasteiger partial charge in [-0.05, 0) is 24.3 Å². The number of amides is 1. The van der Waals surface area contributed by atoms with Gasteiger partial charge in [0, 0.05) is 6.07 Å². The van der Waals surface area contributed by atoms with Crippen LogP contribution in [0.1, 0.15) is 10.4 Å². The number of rotatable bonds is 2. The van der Waals surface area contributed by atoms with Crippen LogP contribution in [0.15, 0.2) is 36.4 Å². The van der Waals surface area contributed by atoms with Crippen LogP contribution in [0.5, 0.6) is 11.5 Å². The van der Waals surface area contributed by atoms with Gasteiger partial charge in [-0.1, -0.05) is 6.07 Å². The van der Waals surface area contributed by atoms with Crippen molar-refractivity contribution in [3.63, 3.8) is 0 Å². The van der Waals surface area contributed by atoms with E-state index in [1.54, 1.807) is 18.2 Å². The Balaban J connectivity index is 2.26. The minimum Gasteiger partial charge on any atom is -0.508 e. The van der Waals surface area contributed by atoms with E-state index in [-0.39, 0.29) is 29.3 Å². The van der Waals surface area contributed by atoms with Crippen molar-refractivity contribution in [2.75, 3.05) is 16.8 Å². The average Bonchev–Trinajstić information content (AvgIpc) is 2.58.